The van der Waals surface area contributed by atoms with E-state index in [0.717, 1.165) is 6.54 Å². The van der Waals surface area contributed by atoms with E-state index in [1.54, 1.807) is 5.57 Å². The van der Waals surface area contributed by atoms with Gasteiger partial charge in [0.25, 0.3) is 0 Å². The van der Waals surface area contributed by atoms with E-state index in [0.29, 0.717) is 0 Å². The summed E-state index contributed by atoms with van der Waals surface area (Å²) in [5.41, 5.74) is 1.68. The molecule has 0 radical (unpaired) electrons. The third kappa shape index (κ3) is 27.6. The molecule has 0 N–H and O–H groups in total. The van der Waals surface area contributed by atoms with Crippen LogP contribution in [0.4, 0.5) is 0 Å². The zero-order chi connectivity index (χ0) is 24.2. The SMILES string of the molecule is CCCCC/C=C\CCCCCCCCCCC/C=C(\CCCCCCCCC)CN(C)C. The molecule has 0 atom stereocenters. The van der Waals surface area contributed by atoms with Crippen LogP contribution in [-0.4, -0.2) is 25.5 Å². The zero-order valence-electron chi connectivity index (χ0n) is 23.6. The predicted octanol–water partition coefficient (Wildman–Crippen LogP) is 11.0. The highest BCUT2D eigenvalue weighted by molar-refractivity contribution is 5.04. The summed E-state index contributed by atoms with van der Waals surface area (Å²) in [4.78, 5) is 2.34. The lowest BCUT2D eigenvalue weighted by atomic mass is 10.0. The Bertz CT molecular complexity index is 420. The van der Waals surface area contributed by atoms with Crippen molar-refractivity contribution in [2.75, 3.05) is 20.6 Å². The van der Waals surface area contributed by atoms with Crippen molar-refractivity contribution in [3.63, 3.8) is 0 Å². The summed E-state index contributed by atoms with van der Waals surface area (Å²) in [5.74, 6) is 0. The summed E-state index contributed by atoms with van der Waals surface area (Å²) in [6, 6.07) is 0. The lowest BCUT2D eigenvalue weighted by Gasteiger charge is -2.14. The highest BCUT2D eigenvalue weighted by Gasteiger charge is 2.01. The normalized spacial score (nSPS) is 12.5. The molecule has 0 spiro atoms. The van der Waals surface area contributed by atoms with Gasteiger partial charge in [-0.2, -0.15) is 0 Å². The van der Waals surface area contributed by atoms with Gasteiger partial charge in [-0.25, -0.2) is 0 Å². The van der Waals surface area contributed by atoms with Crippen molar-refractivity contribution in [3.05, 3.63) is 23.8 Å². The van der Waals surface area contributed by atoms with E-state index in [1.165, 1.54) is 148 Å². The minimum Gasteiger partial charge on any atom is -0.305 e. The first-order chi connectivity index (χ1) is 16.2. The van der Waals surface area contributed by atoms with Gasteiger partial charge in [-0.05, 0) is 65.5 Å². The van der Waals surface area contributed by atoms with Crippen LogP contribution in [0.2, 0.25) is 0 Å². The van der Waals surface area contributed by atoms with Crippen molar-refractivity contribution in [2.45, 2.75) is 162 Å². The number of likely N-dealkylation sites (N-methyl/N-ethyl adjacent to an activating group) is 1. The molecule has 0 aliphatic rings. The number of rotatable bonds is 26. The molecule has 1 nitrogen and oxygen atoms in total. The summed E-state index contributed by atoms with van der Waals surface area (Å²) in [6.45, 7) is 5.74. The monoisotopic (exact) mass is 461 g/mol. The van der Waals surface area contributed by atoms with E-state index in [1.807, 2.05) is 0 Å². The lowest BCUT2D eigenvalue weighted by Crippen LogP contribution is -2.15. The number of hydrogen-bond acceptors (Lipinski definition) is 1. The van der Waals surface area contributed by atoms with Crippen LogP contribution in [0, 0.1) is 0 Å². The summed E-state index contributed by atoms with van der Waals surface area (Å²) in [5, 5.41) is 0. The number of hydrogen-bond donors (Lipinski definition) is 0. The van der Waals surface area contributed by atoms with Gasteiger partial charge >= 0.3 is 0 Å². The van der Waals surface area contributed by atoms with E-state index in [4.69, 9.17) is 0 Å². The molecule has 0 rings (SSSR count). The molecule has 0 amide bonds. The third-order valence-corrected chi connectivity index (χ3v) is 6.77. The lowest BCUT2D eigenvalue weighted by molar-refractivity contribution is 0.435. The Morgan fingerprint density at radius 3 is 1.39 bits per heavy atom. The molecule has 0 aromatic rings. The van der Waals surface area contributed by atoms with Crippen molar-refractivity contribution >= 4 is 0 Å². The minimum absolute atomic E-state index is 1.16. The van der Waals surface area contributed by atoms with Gasteiger partial charge in [0.05, 0.1) is 0 Å². The van der Waals surface area contributed by atoms with Crippen molar-refractivity contribution < 1.29 is 0 Å². The zero-order valence-corrected chi connectivity index (χ0v) is 23.6. The van der Waals surface area contributed by atoms with Gasteiger partial charge in [0.1, 0.15) is 0 Å². The molecule has 0 aliphatic heterocycles. The summed E-state index contributed by atoms with van der Waals surface area (Å²) in [6.07, 6.45) is 39.5. The molecule has 0 saturated carbocycles. The first-order valence-electron chi connectivity index (χ1n) is 15.2. The Morgan fingerprint density at radius 2 is 0.879 bits per heavy atom. The Kier molecular flexibility index (Phi) is 27.2. The van der Waals surface area contributed by atoms with E-state index in [-0.39, 0.29) is 0 Å². The van der Waals surface area contributed by atoms with Gasteiger partial charge in [-0.3, -0.25) is 0 Å². The third-order valence-electron chi connectivity index (χ3n) is 6.77. The maximum atomic E-state index is 2.58. The van der Waals surface area contributed by atoms with Crippen molar-refractivity contribution in [2.24, 2.45) is 0 Å². The van der Waals surface area contributed by atoms with Crippen LogP contribution in [0.25, 0.3) is 0 Å². The Balaban J connectivity index is 3.57. The number of nitrogens with zero attached hydrogens (tertiary/aromatic N) is 1. The predicted molar refractivity (Wildman–Crippen MR) is 153 cm³/mol. The average Bonchev–Trinajstić information content (AvgIpc) is 2.80. The second-order valence-corrected chi connectivity index (χ2v) is 10.7. The van der Waals surface area contributed by atoms with Gasteiger partial charge < -0.3 is 4.90 Å². The van der Waals surface area contributed by atoms with Crippen LogP contribution < -0.4 is 0 Å². The highest BCUT2D eigenvalue weighted by atomic mass is 15.0. The molecule has 0 saturated heterocycles. The molecule has 0 bridgehead atoms. The van der Waals surface area contributed by atoms with Gasteiger partial charge in [0.2, 0.25) is 0 Å². The maximum Gasteiger partial charge on any atom is 0.0186 e. The summed E-state index contributed by atoms with van der Waals surface area (Å²) < 4.78 is 0. The fraction of sp³-hybridized carbons (Fsp3) is 0.875. The van der Waals surface area contributed by atoms with E-state index in [2.05, 4.69) is 51.1 Å². The Hall–Kier alpha value is -0.560. The first kappa shape index (κ1) is 32.4. The molecule has 1 heteroatoms. The molecule has 33 heavy (non-hydrogen) atoms. The van der Waals surface area contributed by atoms with Gasteiger partial charge in [-0.1, -0.05) is 134 Å². The smallest absolute Gasteiger partial charge is 0.0186 e. The summed E-state index contributed by atoms with van der Waals surface area (Å²) in [7, 11) is 4.42. The molecule has 0 heterocycles. The quantitative estimate of drug-likeness (QED) is 0.0914. The van der Waals surface area contributed by atoms with Gasteiger partial charge in [0, 0.05) is 6.54 Å². The van der Waals surface area contributed by atoms with Crippen LogP contribution in [0.1, 0.15) is 162 Å². The van der Waals surface area contributed by atoms with Gasteiger partial charge in [-0.15, -0.1) is 0 Å². The summed E-state index contributed by atoms with van der Waals surface area (Å²) >= 11 is 0. The molecule has 0 fully saturated rings. The molecule has 196 valence electrons. The molecule has 0 aromatic carbocycles. The van der Waals surface area contributed by atoms with Crippen LogP contribution in [-0.2, 0) is 0 Å². The van der Waals surface area contributed by atoms with Crippen molar-refractivity contribution in [1.29, 1.82) is 0 Å². The Morgan fingerprint density at radius 1 is 0.485 bits per heavy atom. The number of unbranched alkanes of at least 4 members (excludes halogenated alkanes) is 19. The molecule has 0 aliphatic carbocycles. The molecular formula is C32H63N. The second-order valence-electron chi connectivity index (χ2n) is 10.7. The fourth-order valence-corrected chi connectivity index (χ4v) is 4.66. The topological polar surface area (TPSA) is 3.24 Å². The molecular weight excluding hydrogens is 398 g/mol. The Labute approximate surface area is 210 Å². The van der Waals surface area contributed by atoms with Crippen LogP contribution in [0.3, 0.4) is 0 Å². The fourth-order valence-electron chi connectivity index (χ4n) is 4.66. The highest BCUT2D eigenvalue weighted by Crippen LogP contribution is 2.16. The second kappa shape index (κ2) is 27.7. The van der Waals surface area contributed by atoms with Crippen LogP contribution in [0.15, 0.2) is 23.8 Å². The molecule has 0 unspecified atom stereocenters. The minimum atomic E-state index is 1.16. The average molecular weight is 462 g/mol. The van der Waals surface area contributed by atoms with E-state index < -0.39 is 0 Å². The largest absolute Gasteiger partial charge is 0.305 e. The standard InChI is InChI=1S/C32H63N/c1-5-7-9-11-13-14-15-16-17-18-19-20-21-22-24-26-28-30-32(31-33(3)4)29-27-25-23-12-10-8-6-2/h13-14,30H,5-12,15-29,31H2,1-4H3/b14-13-,32-30+. The van der Waals surface area contributed by atoms with E-state index >= 15 is 0 Å². The van der Waals surface area contributed by atoms with E-state index in [9.17, 15) is 0 Å². The van der Waals surface area contributed by atoms with Crippen molar-refractivity contribution in [3.8, 4) is 0 Å². The molecule has 0 aromatic heterocycles. The van der Waals surface area contributed by atoms with Crippen LogP contribution in [0.5, 0.6) is 0 Å². The maximum absolute atomic E-state index is 2.58. The van der Waals surface area contributed by atoms with Crippen molar-refractivity contribution in [1.82, 2.24) is 4.90 Å². The van der Waals surface area contributed by atoms with Gasteiger partial charge in [0.15, 0.2) is 0 Å². The first-order valence-corrected chi connectivity index (χ1v) is 15.2. The number of allylic oxidation sites excluding steroid dienone is 3. The van der Waals surface area contributed by atoms with Crippen LogP contribution >= 0.6 is 0 Å².